The van der Waals surface area contributed by atoms with Crippen LogP contribution in [0.2, 0.25) is 0 Å². The molecule has 180 valence electrons. The fourth-order valence-corrected chi connectivity index (χ4v) is 4.94. The molecule has 1 heterocycles. The highest BCUT2D eigenvalue weighted by Crippen LogP contribution is 2.45. The third-order valence-corrected chi connectivity index (χ3v) is 6.57. The standard InChI is InChI=1S/C28H33NO5/c1-18(2)17-34-21-13-9-10-19(16-21)26(30)24-25(22-14-7-8-15-23(22)33-3)29(28(32)27(24)31)20-11-5-4-6-12-20/h7-10,13-16,18,20,25,30H,4-6,11-12,17H2,1-3H3/b26-24-. The van der Waals surface area contributed by atoms with Gasteiger partial charge in [-0.25, -0.2) is 0 Å². The minimum absolute atomic E-state index is 0.0499. The van der Waals surface area contributed by atoms with Gasteiger partial charge in [-0.1, -0.05) is 63.4 Å². The van der Waals surface area contributed by atoms with Gasteiger partial charge >= 0.3 is 0 Å². The van der Waals surface area contributed by atoms with Gasteiger partial charge in [0, 0.05) is 17.2 Å². The van der Waals surface area contributed by atoms with Crippen molar-refractivity contribution in [1.29, 1.82) is 0 Å². The Labute approximate surface area is 201 Å². The van der Waals surface area contributed by atoms with Crippen molar-refractivity contribution in [3.63, 3.8) is 0 Å². The van der Waals surface area contributed by atoms with Crippen molar-refractivity contribution in [1.82, 2.24) is 4.90 Å². The van der Waals surface area contributed by atoms with Crippen LogP contribution in [0.1, 0.15) is 63.1 Å². The molecule has 1 N–H and O–H groups in total. The number of Topliss-reactive ketones (excluding diaryl/α,β-unsaturated/α-hetero) is 1. The molecule has 1 aliphatic carbocycles. The van der Waals surface area contributed by atoms with Crippen LogP contribution in [0.3, 0.4) is 0 Å². The predicted octanol–water partition coefficient (Wildman–Crippen LogP) is 5.48. The minimum atomic E-state index is -0.709. The molecule has 0 aromatic heterocycles. The van der Waals surface area contributed by atoms with E-state index in [0.29, 0.717) is 35.2 Å². The van der Waals surface area contributed by atoms with Crippen LogP contribution in [-0.4, -0.2) is 41.5 Å². The Balaban J connectivity index is 1.83. The van der Waals surface area contributed by atoms with Crippen LogP contribution in [0.15, 0.2) is 54.1 Å². The van der Waals surface area contributed by atoms with E-state index in [1.807, 2.05) is 30.3 Å². The third kappa shape index (κ3) is 4.67. The van der Waals surface area contributed by atoms with Crippen molar-refractivity contribution in [3.8, 4) is 11.5 Å². The van der Waals surface area contributed by atoms with Crippen molar-refractivity contribution in [3.05, 3.63) is 65.2 Å². The first kappa shape index (κ1) is 23.9. The Morgan fingerprint density at radius 1 is 1.06 bits per heavy atom. The van der Waals surface area contributed by atoms with E-state index >= 15 is 0 Å². The first-order chi connectivity index (χ1) is 16.4. The fourth-order valence-electron chi connectivity index (χ4n) is 4.94. The van der Waals surface area contributed by atoms with E-state index < -0.39 is 17.7 Å². The van der Waals surface area contributed by atoms with Gasteiger partial charge < -0.3 is 19.5 Å². The summed E-state index contributed by atoms with van der Waals surface area (Å²) in [5.41, 5.74) is 1.24. The highest BCUT2D eigenvalue weighted by Gasteiger charge is 2.49. The van der Waals surface area contributed by atoms with Crippen LogP contribution in [-0.2, 0) is 9.59 Å². The predicted molar refractivity (Wildman–Crippen MR) is 131 cm³/mol. The Kier molecular flexibility index (Phi) is 7.25. The number of ether oxygens (including phenoxy) is 2. The minimum Gasteiger partial charge on any atom is -0.507 e. The summed E-state index contributed by atoms with van der Waals surface area (Å²) in [4.78, 5) is 28.4. The van der Waals surface area contributed by atoms with Crippen LogP contribution in [0.5, 0.6) is 11.5 Å². The number of para-hydroxylation sites is 1. The van der Waals surface area contributed by atoms with Crippen LogP contribution in [0.25, 0.3) is 5.76 Å². The van der Waals surface area contributed by atoms with Crippen molar-refractivity contribution in [2.75, 3.05) is 13.7 Å². The van der Waals surface area contributed by atoms with Crippen LogP contribution in [0.4, 0.5) is 0 Å². The molecule has 4 rings (SSSR count). The second kappa shape index (κ2) is 10.3. The number of likely N-dealkylation sites (tertiary alicyclic amines) is 1. The molecule has 1 saturated heterocycles. The second-order valence-electron chi connectivity index (χ2n) is 9.47. The van der Waals surface area contributed by atoms with Gasteiger partial charge in [-0.15, -0.1) is 0 Å². The molecule has 1 amide bonds. The maximum Gasteiger partial charge on any atom is 0.295 e. The number of aliphatic hydroxyl groups is 1. The van der Waals surface area contributed by atoms with E-state index in [1.54, 1.807) is 30.2 Å². The molecule has 2 aromatic rings. The molecule has 2 aromatic carbocycles. The van der Waals surface area contributed by atoms with Gasteiger partial charge in [0.25, 0.3) is 11.7 Å². The van der Waals surface area contributed by atoms with Gasteiger partial charge in [-0.3, -0.25) is 9.59 Å². The van der Waals surface area contributed by atoms with E-state index in [2.05, 4.69) is 13.8 Å². The number of ketones is 1. The second-order valence-corrected chi connectivity index (χ2v) is 9.47. The number of amides is 1. The highest BCUT2D eigenvalue weighted by molar-refractivity contribution is 6.46. The average molecular weight is 464 g/mol. The van der Waals surface area contributed by atoms with Gasteiger partial charge in [0.15, 0.2) is 0 Å². The molecule has 6 heteroatoms. The SMILES string of the molecule is COc1ccccc1C1/C(=C(/O)c2cccc(OCC(C)C)c2)C(=O)C(=O)N1C1CCCCC1. The number of benzene rings is 2. The number of carbonyl (C=O) groups is 2. The van der Waals surface area contributed by atoms with Gasteiger partial charge in [0.05, 0.1) is 25.3 Å². The lowest BCUT2D eigenvalue weighted by Gasteiger charge is -2.35. The monoisotopic (exact) mass is 463 g/mol. The molecule has 34 heavy (non-hydrogen) atoms. The number of rotatable bonds is 7. The number of hydrogen-bond acceptors (Lipinski definition) is 5. The Hall–Kier alpha value is -3.28. The van der Waals surface area contributed by atoms with E-state index in [4.69, 9.17) is 9.47 Å². The summed E-state index contributed by atoms with van der Waals surface area (Å²) in [7, 11) is 1.57. The molecule has 0 bridgehead atoms. The molecule has 2 fully saturated rings. The summed E-state index contributed by atoms with van der Waals surface area (Å²) in [6, 6.07) is 13.7. The molecule has 0 spiro atoms. The summed E-state index contributed by atoms with van der Waals surface area (Å²) in [5.74, 6) is 0.124. The summed E-state index contributed by atoms with van der Waals surface area (Å²) < 4.78 is 11.4. The van der Waals surface area contributed by atoms with Gasteiger partial charge in [0.2, 0.25) is 0 Å². The molecule has 1 unspecified atom stereocenters. The number of hydrogen-bond donors (Lipinski definition) is 1. The van der Waals surface area contributed by atoms with Crippen molar-refractivity contribution >= 4 is 17.4 Å². The smallest absolute Gasteiger partial charge is 0.295 e. The summed E-state index contributed by atoms with van der Waals surface area (Å²) >= 11 is 0. The Bertz CT molecular complexity index is 1080. The third-order valence-electron chi connectivity index (χ3n) is 6.57. The molecular weight excluding hydrogens is 430 g/mol. The maximum absolute atomic E-state index is 13.4. The lowest BCUT2D eigenvalue weighted by Crippen LogP contribution is -2.40. The molecule has 2 aliphatic rings. The van der Waals surface area contributed by atoms with Gasteiger partial charge in [-0.2, -0.15) is 0 Å². The molecule has 1 atom stereocenters. The molecule has 1 aliphatic heterocycles. The summed E-state index contributed by atoms with van der Waals surface area (Å²) in [6.45, 7) is 4.66. The number of carbonyl (C=O) groups excluding carboxylic acids is 2. The average Bonchev–Trinajstić information content (AvgIpc) is 3.13. The topological polar surface area (TPSA) is 76.1 Å². The van der Waals surface area contributed by atoms with Crippen LogP contribution >= 0.6 is 0 Å². The summed E-state index contributed by atoms with van der Waals surface area (Å²) in [6.07, 6.45) is 4.85. The zero-order chi connectivity index (χ0) is 24.2. The highest BCUT2D eigenvalue weighted by atomic mass is 16.5. The maximum atomic E-state index is 13.4. The Morgan fingerprint density at radius 3 is 2.50 bits per heavy atom. The van der Waals surface area contributed by atoms with E-state index in [9.17, 15) is 14.7 Å². The van der Waals surface area contributed by atoms with Gasteiger partial charge in [0.1, 0.15) is 17.3 Å². The van der Waals surface area contributed by atoms with Gasteiger partial charge in [-0.05, 0) is 37.0 Å². The quantitative estimate of drug-likeness (QED) is 0.334. The van der Waals surface area contributed by atoms with Crippen molar-refractivity contribution < 1.29 is 24.2 Å². The first-order valence-electron chi connectivity index (χ1n) is 12.1. The molecule has 0 radical (unpaired) electrons. The van der Waals surface area contributed by atoms with Crippen molar-refractivity contribution in [2.24, 2.45) is 5.92 Å². The lowest BCUT2D eigenvalue weighted by molar-refractivity contribution is -0.141. The molecule has 1 saturated carbocycles. The Morgan fingerprint density at radius 2 is 1.79 bits per heavy atom. The zero-order valence-corrected chi connectivity index (χ0v) is 20.1. The van der Waals surface area contributed by atoms with Crippen LogP contribution in [0, 0.1) is 5.92 Å². The zero-order valence-electron chi connectivity index (χ0n) is 20.1. The molecular formula is C28H33NO5. The van der Waals surface area contributed by atoms with Crippen LogP contribution < -0.4 is 9.47 Å². The summed E-state index contributed by atoms with van der Waals surface area (Å²) in [5, 5.41) is 11.4. The van der Waals surface area contributed by atoms with Crippen molar-refractivity contribution in [2.45, 2.75) is 58.0 Å². The number of nitrogens with zero attached hydrogens (tertiary/aromatic N) is 1. The number of aliphatic hydroxyl groups excluding tert-OH is 1. The fraction of sp³-hybridized carbons (Fsp3) is 0.429. The normalized spacial score (nSPS) is 20.7. The largest absolute Gasteiger partial charge is 0.507 e. The van der Waals surface area contributed by atoms with E-state index in [0.717, 1.165) is 32.1 Å². The molecule has 6 nitrogen and oxygen atoms in total. The first-order valence-corrected chi connectivity index (χ1v) is 12.1. The number of methoxy groups -OCH3 is 1. The van der Waals surface area contributed by atoms with E-state index in [-0.39, 0.29) is 17.4 Å². The lowest BCUT2D eigenvalue weighted by atomic mass is 9.90. The van der Waals surface area contributed by atoms with E-state index in [1.165, 1.54) is 0 Å².